The Bertz CT molecular complexity index is 934. The smallest absolute Gasteiger partial charge is 0.351 e. The summed E-state index contributed by atoms with van der Waals surface area (Å²) in [5.41, 5.74) is 2.88. The summed E-state index contributed by atoms with van der Waals surface area (Å²) in [6, 6.07) is -0.356. The SMILES string of the molecule is N#Cc1ccc(C2CC(C(=O)N3CCN(C(N)=O)CC3)NC2C(F)(F)F)cc1C(F)(F)F. The summed E-state index contributed by atoms with van der Waals surface area (Å²) < 4.78 is 80.9. The predicted octanol–water partition coefficient (Wildman–Crippen LogP) is 2.18. The van der Waals surface area contributed by atoms with E-state index in [0.717, 1.165) is 12.1 Å². The van der Waals surface area contributed by atoms with E-state index in [4.69, 9.17) is 11.0 Å². The molecule has 0 aromatic heterocycles. The number of hydrogen-bond donors (Lipinski definition) is 2. The molecule has 2 fully saturated rings. The highest BCUT2D eigenvalue weighted by molar-refractivity contribution is 5.83. The number of benzene rings is 1. The van der Waals surface area contributed by atoms with Crippen molar-refractivity contribution in [3.63, 3.8) is 0 Å². The zero-order valence-corrected chi connectivity index (χ0v) is 16.5. The number of rotatable bonds is 2. The fourth-order valence-electron chi connectivity index (χ4n) is 4.11. The van der Waals surface area contributed by atoms with Crippen LogP contribution in [0.2, 0.25) is 0 Å². The third-order valence-electron chi connectivity index (χ3n) is 5.72. The number of hydrogen-bond acceptors (Lipinski definition) is 4. The normalized spacial score (nSPS) is 24.3. The van der Waals surface area contributed by atoms with Gasteiger partial charge in [0, 0.05) is 32.1 Å². The monoisotopic (exact) mass is 463 g/mol. The summed E-state index contributed by atoms with van der Waals surface area (Å²) in [7, 11) is 0. The second-order valence-electron chi connectivity index (χ2n) is 7.65. The molecule has 2 saturated heterocycles. The van der Waals surface area contributed by atoms with E-state index in [-0.39, 0.29) is 38.2 Å². The van der Waals surface area contributed by atoms with Crippen molar-refractivity contribution in [2.24, 2.45) is 5.73 Å². The van der Waals surface area contributed by atoms with Gasteiger partial charge in [-0.1, -0.05) is 6.07 Å². The van der Waals surface area contributed by atoms with Crippen LogP contribution in [0.4, 0.5) is 31.1 Å². The third-order valence-corrected chi connectivity index (χ3v) is 5.72. The maximum absolute atomic E-state index is 13.7. The van der Waals surface area contributed by atoms with Gasteiger partial charge in [-0.25, -0.2) is 4.79 Å². The molecule has 0 spiro atoms. The first-order chi connectivity index (χ1) is 14.8. The number of halogens is 6. The quantitative estimate of drug-likeness (QED) is 0.657. The molecule has 3 atom stereocenters. The summed E-state index contributed by atoms with van der Waals surface area (Å²) in [5, 5.41) is 11.1. The van der Waals surface area contributed by atoms with Gasteiger partial charge in [0.05, 0.1) is 23.2 Å². The van der Waals surface area contributed by atoms with Gasteiger partial charge in [0.25, 0.3) is 0 Å². The van der Waals surface area contributed by atoms with Crippen molar-refractivity contribution in [3.8, 4) is 6.07 Å². The summed E-state index contributed by atoms with van der Waals surface area (Å²) in [6.45, 7) is 0.418. The molecule has 3 rings (SSSR count). The lowest BCUT2D eigenvalue weighted by molar-refractivity contribution is -0.156. The molecule has 1 aromatic rings. The average molecular weight is 463 g/mol. The molecular weight excluding hydrogens is 444 g/mol. The van der Waals surface area contributed by atoms with Crippen molar-refractivity contribution in [2.45, 2.75) is 36.8 Å². The summed E-state index contributed by atoms with van der Waals surface area (Å²) >= 11 is 0. The van der Waals surface area contributed by atoms with Gasteiger partial charge in [-0.05, 0) is 24.1 Å². The Morgan fingerprint density at radius 2 is 1.66 bits per heavy atom. The highest BCUT2D eigenvalue weighted by Gasteiger charge is 2.53. The van der Waals surface area contributed by atoms with Crippen LogP contribution in [0.3, 0.4) is 0 Å². The number of primary amides is 1. The lowest BCUT2D eigenvalue weighted by Gasteiger charge is -2.35. The van der Waals surface area contributed by atoms with E-state index in [1.54, 1.807) is 0 Å². The number of nitrogens with two attached hydrogens (primary N) is 1. The standard InChI is InChI=1S/C19H19F6N5O2/c20-18(21,22)13-7-10(1-2-11(13)9-26)12-8-14(28-15(12)19(23,24)25)16(31)29-3-5-30(6-4-29)17(27)32/h1-2,7,12,14-15,28H,3-6,8H2,(H2,27,32). The predicted molar refractivity (Wildman–Crippen MR) is 98.0 cm³/mol. The van der Waals surface area contributed by atoms with Crippen LogP contribution >= 0.6 is 0 Å². The van der Waals surface area contributed by atoms with Crippen molar-refractivity contribution >= 4 is 11.9 Å². The zero-order valence-electron chi connectivity index (χ0n) is 16.5. The Morgan fingerprint density at radius 1 is 1.06 bits per heavy atom. The molecule has 0 aliphatic carbocycles. The van der Waals surface area contributed by atoms with Crippen molar-refractivity contribution in [3.05, 3.63) is 34.9 Å². The molecular formula is C19H19F6N5O2. The summed E-state index contributed by atoms with van der Waals surface area (Å²) in [4.78, 5) is 26.6. The van der Waals surface area contributed by atoms with Gasteiger partial charge in [0.1, 0.15) is 6.04 Å². The molecule has 2 aliphatic rings. The highest BCUT2D eigenvalue weighted by Crippen LogP contribution is 2.42. The molecule has 32 heavy (non-hydrogen) atoms. The lowest BCUT2D eigenvalue weighted by Crippen LogP contribution is -2.56. The van der Waals surface area contributed by atoms with Crippen molar-refractivity contribution in [2.75, 3.05) is 26.2 Å². The number of carbonyl (C=O) groups excluding carboxylic acids is 2. The molecule has 7 nitrogen and oxygen atoms in total. The minimum Gasteiger partial charge on any atom is -0.351 e. The maximum atomic E-state index is 13.7. The van der Waals surface area contributed by atoms with Gasteiger partial charge in [-0.15, -0.1) is 0 Å². The van der Waals surface area contributed by atoms with E-state index in [1.165, 1.54) is 15.9 Å². The second kappa shape index (κ2) is 8.50. The lowest BCUT2D eigenvalue weighted by atomic mass is 9.88. The third kappa shape index (κ3) is 4.74. The van der Waals surface area contributed by atoms with Gasteiger partial charge < -0.3 is 15.5 Å². The molecule has 13 heteroatoms. The van der Waals surface area contributed by atoms with E-state index < -0.39 is 53.4 Å². The maximum Gasteiger partial charge on any atom is 0.417 e. The Kier molecular flexibility index (Phi) is 6.28. The number of carbonyl (C=O) groups is 2. The fraction of sp³-hybridized carbons (Fsp3) is 0.526. The number of amides is 3. The average Bonchev–Trinajstić information content (AvgIpc) is 3.18. The van der Waals surface area contributed by atoms with Gasteiger partial charge in [-0.2, -0.15) is 31.6 Å². The number of nitrogens with one attached hydrogen (secondary N) is 1. The first kappa shape index (κ1) is 23.6. The fourth-order valence-corrected chi connectivity index (χ4v) is 4.11. The van der Waals surface area contributed by atoms with Crippen LogP contribution in [-0.4, -0.2) is 66.2 Å². The zero-order chi connectivity index (χ0) is 23.8. The van der Waals surface area contributed by atoms with E-state index in [1.807, 2.05) is 0 Å². The van der Waals surface area contributed by atoms with E-state index in [9.17, 15) is 35.9 Å². The van der Waals surface area contributed by atoms with Crippen LogP contribution in [-0.2, 0) is 11.0 Å². The molecule has 3 unspecified atom stereocenters. The van der Waals surface area contributed by atoms with Crippen molar-refractivity contribution in [1.29, 1.82) is 5.26 Å². The molecule has 0 bridgehead atoms. The van der Waals surface area contributed by atoms with Crippen molar-refractivity contribution < 1.29 is 35.9 Å². The van der Waals surface area contributed by atoms with Crippen LogP contribution in [0.15, 0.2) is 18.2 Å². The van der Waals surface area contributed by atoms with Crippen LogP contribution in [0.5, 0.6) is 0 Å². The largest absolute Gasteiger partial charge is 0.417 e. The highest BCUT2D eigenvalue weighted by atomic mass is 19.4. The van der Waals surface area contributed by atoms with E-state index in [2.05, 4.69) is 5.32 Å². The number of urea groups is 1. The number of nitrogens with zero attached hydrogens (tertiary/aromatic N) is 3. The second-order valence-corrected chi connectivity index (χ2v) is 7.65. The number of nitriles is 1. The molecule has 2 aliphatic heterocycles. The van der Waals surface area contributed by atoms with Gasteiger partial charge in [0.2, 0.25) is 5.91 Å². The molecule has 3 N–H and O–H groups in total. The molecule has 0 radical (unpaired) electrons. The Balaban J connectivity index is 1.85. The van der Waals surface area contributed by atoms with Crippen molar-refractivity contribution in [1.82, 2.24) is 15.1 Å². The summed E-state index contributed by atoms with van der Waals surface area (Å²) in [5.74, 6) is -2.08. The minimum absolute atomic E-state index is 0.0798. The summed E-state index contributed by atoms with van der Waals surface area (Å²) in [6.07, 6.45) is -10.1. The number of piperazine rings is 1. The van der Waals surface area contributed by atoms with E-state index >= 15 is 0 Å². The first-order valence-corrected chi connectivity index (χ1v) is 9.60. The van der Waals surface area contributed by atoms with Gasteiger partial charge in [0.15, 0.2) is 0 Å². The first-order valence-electron chi connectivity index (χ1n) is 9.60. The van der Waals surface area contributed by atoms with Crippen LogP contribution in [0, 0.1) is 11.3 Å². The number of alkyl halides is 6. The van der Waals surface area contributed by atoms with Gasteiger partial charge >= 0.3 is 18.4 Å². The molecule has 0 saturated carbocycles. The minimum atomic E-state index is -4.92. The molecule has 1 aromatic carbocycles. The van der Waals surface area contributed by atoms with E-state index in [0.29, 0.717) is 6.07 Å². The molecule has 174 valence electrons. The van der Waals surface area contributed by atoms with Crippen LogP contribution < -0.4 is 11.1 Å². The van der Waals surface area contributed by atoms with Crippen LogP contribution in [0.25, 0.3) is 0 Å². The Morgan fingerprint density at radius 3 is 2.16 bits per heavy atom. The molecule has 2 heterocycles. The Hall–Kier alpha value is -3.01. The van der Waals surface area contributed by atoms with Crippen LogP contribution in [0.1, 0.15) is 29.0 Å². The topological polar surface area (TPSA) is 102 Å². The Labute approximate surface area is 178 Å². The molecule has 3 amide bonds. The van der Waals surface area contributed by atoms with Gasteiger partial charge in [-0.3, -0.25) is 10.1 Å².